The minimum atomic E-state index is -1.15. The fourth-order valence-electron chi connectivity index (χ4n) is 4.72. The highest BCUT2D eigenvalue weighted by Gasteiger charge is 2.27. The van der Waals surface area contributed by atoms with Crippen LogP contribution in [0.4, 0.5) is 22.0 Å². The zero-order chi connectivity index (χ0) is 23.7. The number of hydrogen-bond acceptors (Lipinski definition) is 1. The average Bonchev–Trinajstić information content (AvgIpc) is 2.81. The monoisotopic (exact) mass is 460 g/mol. The van der Waals surface area contributed by atoms with Crippen LogP contribution < -0.4 is 4.74 Å². The largest absolute Gasteiger partial charge is 0.491 e. The summed E-state index contributed by atoms with van der Waals surface area (Å²) in [5.74, 6) is -4.74. The number of aryl methyl sites for hydroxylation is 1. The Morgan fingerprint density at radius 1 is 0.727 bits per heavy atom. The molecule has 0 bridgehead atoms. The van der Waals surface area contributed by atoms with Gasteiger partial charge in [0, 0.05) is 11.1 Å². The third-order valence-corrected chi connectivity index (χ3v) is 6.57. The van der Waals surface area contributed by atoms with Gasteiger partial charge >= 0.3 is 0 Å². The SMILES string of the molecule is CCOc1ccc(-c2ccc(C3CCC(c4ccc(C)c(F)c4F)CC3)cc2F)c(F)c1F. The van der Waals surface area contributed by atoms with Crippen molar-refractivity contribution in [2.24, 2.45) is 0 Å². The fraction of sp³-hybridized carbons (Fsp3) is 0.333. The van der Waals surface area contributed by atoms with Crippen molar-refractivity contribution in [1.82, 2.24) is 0 Å². The van der Waals surface area contributed by atoms with Gasteiger partial charge in [-0.3, -0.25) is 0 Å². The molecule has 6 heteroatoms. The van der Waals surface area contributed by atoms with Crippen molar-refractivity contribution in [2.75, 3.05) is 6.61 Å². The second-order valence-corrected chi connectivity index (χ2v) is 8.56. The molecular weight excluding hydrogens is 435 g/mol. The molecule has 0 radical (unpaired) electrons. The standard InChI is InChI=1S/C27H25F5O/c1-3-33-23-13-12-21(26(31)27(23)32)20-11-9-18(14-22(20)28)16-5-7-17(8-6-16)19-10-4-15(2)24(29)25(19)30/h4,9-14,16-17H,3,5-8H2,1-2H3. The first-order valence-electron chi connectivity index (χ1n) is 11.2. The molecule has 0 aromatic heterocycles. The third-order valence-electron chi connectivity index (χ3n) is 6.57. The zero-order valence-corrected chi connectivity index (χ0v) is 18.5. The van der Waals surface area contributed by atoms with Crippen molar-refractivity contribution < 1.29 is 26.7 Å². The van der Waals surface area contributed by atoms with Crippen LogP contribution in [0.5, 0.6) is 5.75 Å². The molecule has 174 valence electrons. The Morgan fingerprint density at radius 2 is 1.39 bits per heavy atom. The molecule has 0 amide bonds. The Morgan fingerprint density at radius 3 is 2.06 bits per heavy atom. The quantitative estimate of drug-likeness (QED) is 0.349. The summed E-state index contributed by atoms with van der Waals surface area (Å²) >= 11 is 0. The summed E-state index contributed by atoms with van der Waals surface area (Å²) in [5.41, 5.74) is 1.25. The number of halogens is 5. The van der Waals surface area contributed by atoms with E-state index in [4.69, 9.17) is 4.74 Å². The molecule has 1 saturated carbocycles. The molecule has 0 aliphatic heterocycles. The summed E-state index contributed by atoms with van der Waals surface area (Å²) in [6.45, 7) is 3.38. The second-order valence-electron chi connectivity index (χ2n) is 8.56. The minimum absolute atomic E-state index is 0.0240. The molecule has 4 rings (SSSR count). The van der Waals surface area contributed by atoms with E-state index in [1.807, 2.05) is 0 Å². The van der Waals surface area contributed by atoms with Gasteiger partial charge in [0.2, 0.25) is 5.82 Å². The van der Waals surface area contributed by atoms with Gasteiger partial charge in [-0.25, -0.2) is 17.6 Å². The van der Waals surface area contributed by atoms with E-state index in [1.54, 1.807) is 25.1 Å². The number of rotatable bonds is 5. The van der Waals surface area contributed by atoms with Gasteiger partial charge in [-0.15, -0.1) is 0 Å². The summed E-state index contributed by atoms with van der Waals surface area (Å²) in [6.07, 6.45) is 2.72. The van der Waals surface area contributed by atoms with Crippen LogP contribution in [-0.2, 0) is 0 Å². The molecule has 0 atom stereocenters. The van der Waals surface area contributed by atoms with E-state index in [0.29, 0.717) is 31.2 Å². The predicted octanol–water partition coefficient (Wildman–Crippen LogP) is 8.20. The Labute approximate surface area is 190 Å². The van der Waals surface area contributed by atoms with Crippen LogP contribution in [0.25, 0.3) is 11.1 Å². The summed E-state index contributed by atoms with van der Waals surface area (Å²) in [6, 6.07) is 10.4. The molecule has 1 fully saturated rings. The first-order chi connectivity index (χ1) is 15.8. The molecule has 3 aromatic carbocycles. The van der Waals surface area contributed by atoms with E-state index in [2.05, 4.69) is 0 Å². The van der Waals surface area contributed by atoms with Crippen molar-refractivity contribution in [3.8, 4) is 16.9 Å². The van der Waals surface area contributed by atoms with Gasteiger partial charge in [0.15, 0.2) is 23.2 Å². The summed E-state index contributed by atoms with van der Waals surface area (Å²) in [5, 5.41) is 0. The molecule has 33 heavy (non-hydrogen) atoms. The molecule has 1 aliphatic carbocycles. The maximum absolute atomic E-state index is 14.9. The van der Waals surface area contributed by atoms with Crippen LogP contribution >= 0.6 is 0 Å². The number of ether oxygens (including phenoxy) is 1. The van der Waals surface area contributed by atoms with Crippen molar-refractivity contribution in [3.05, 3.63) is 88.2 Å². The van der Waals surface area contributed by atoms with Gasteiger partial charge < -0.3 is 4.74 Å². The van der Waals surface area contributed by atoms with E-state index in [9.17, 15) is 22.0 Å². The smallest absolute Gasteiger partial charge is 0.201 e. The van der Waals surface area contributed by atoms with Crippen molar-refractivity contribution in [2.45, 2.75) is 51.4 Å². The van der Waals surface area contributed by atoms with Gasteiger partial charge in [0.05, 0.1) is 6.61 Å². The fourth-order valence-corrected chi connectivity index (χ4v) is 4.72. The third kappa shape index (κ3) is 4.48. The van der Waals surface area contributed by atoms with Crippen LogP contribution in [0.1, 0.15) is 61.1 Å². The Kier molecular flexibility index (Phi) is 6.73. The maximum atomic E-state index is 14.9. The molecule has 3 aromatic rings. The molecule has 0 N–H and O–H groups in total. The normalized spacial score (nSPS) is 18.4. The van der Waals surface area contributed by atoms with E-state index in [0.717, 1.165) is 5.56 Å². The lowest BCUT2D eigenvalue weighted by Crippen LogP contribution is -2.14. The highest BCUT2D eigenvalue weighted by molar-refractivity contribution is 5.66. The first kappa shape index (κ1) is 23.3. The summed E-state index contributed by atoms with van der Waals surface area (Å²) in [7, 11) is 0. The Hall–Kier alpha value is -2.89. The van der Waals surface area contributed by atoms with Gasteiger partial charge in [-0.05, 0) is 86.3 Å². The molecule has 0 spiro atoms. The average molecular weight is 460 g/mol. The number of benzene rings is 3. The van der Waals surface area contributed by atoms with Crippen molar-refractivity contribution in [3.63, 3.8) is 0 Å². The van der Waals surface area contributed by atoms with Crippen LogP contribution in [-0.4, -0.2) is 6.61 Å². The lowest BCUT2D eigenvalue weighted by Gasteiger charge is -2.29. The molecule has 1 nitrogen and oxygen atoms in total. The number of hydrogen-bond donors (Lipinski definition) is 0. The molecule has 1 aliphatic rings. The summed E-state index contributed by atoms with van der Waals surface area (Å²) < 4.78 is 77.0. The van der Waals surface area contributed by atoms with Crippen molar-refractivity contribution in [1.29, 1.82) is 0 Å². The van der Waals surface area contributed by atoms with Crippen LogP contribution in [0.15, 0.2) is 42.5 Å². The van der Waals surface area contributed by atoms with Crippen LogP contribution in [0.2, 0.25) is 0 Å². The van der Waals surface area contributed by atoms with Crippen LogP contribution in [0.3, 0.4) is 0 Å². The van der Waals surface area contributed by atoms with E-state index >= 15 is 0 Å². The van der Waals surface area contributed by atoms with Gasteiger partial charge in [-0.2, -0.15) is 4.39 Å². The molecule has 0 heterocycles. The lowest BCUT2D eigenvalue weighted by molar-refractivity contribution is 0.314. The lowest BCUT2D eigenvalue weighted by atomic mass is 9.75. The molecule has 0 saturated heterocycles. The topological polar surface area (TPSA) is 9.23 Å². The molecule has 0 unspecified atom stereocenters. The highest BCUT2D eigenvalue weighted by Crippen LogP contribution is 2.42. The van der Waals surface area contributed by atoms with Gasteiger partial charge in [-0.1, -0.05) is 24.3 Å². The second kappa shape index (κ2) is 9.54. The maximum Gasteiger partial charge on any atom is 0.201 e. The van der Waals surface area contributed by atoms with Gasteiger partial charge in [0.1, 0.15) is 5.82 Å². The zero-order valence-electron chi connectivity index (χ0n) is 18.5. The van der Waals surface area contributed by atoms with Crippen LogP contribution in [0, 0.1) is 36.0 Å². The first-order valence-corrected chi connectivity index (χ1v) is 11.2. The van der Waals surface area contributed by atoms with Gasteiger partial charge in [0.25, 0.3) is 0 Å². The molecular formula is C27H25F5O. The predicted molar refractivity (Wildman–Crippen MR) is 118 cm³/mol. The Bertz CT molecular complexity index is 1170. The van der Waals surface area contributed by atoms with E-state index < -0.39 is 29.1 Å². The van der Waals surface area contributed by atoms with E-state index in [-0.39, 0.29) is 40.9 Å². The minimum Gasteiger partial charge on any atom is -0.491 e. The Balaban J connectivity index is 1.51. The van der Waals surface area contributed by atoms with Crippen molar-refractivity contribution >= 4 is 0 Å². The highest BCUT2D eigenvalue weighted by atomic mass is 19.2. The van der Waals surface area contributed by atoms with E-state index in [1.165, 1.54) is 31.2 Å². The summed E-state index contributed by atoms with van der Waals surface area (Å²) in [4.78, 5) is 0.